The van der Waals surface area contributed by atoms with Gasteiger partial charge in [0.2, 0.25) is 15.9 Å². The molecule has 32 heavy (non-hydrogen) atoms. The summed E-state index contributed by atoms with van der Waals surface area (Å²) in [5.41, 5.74) is 1.64. The lowest BCUT2D eigenvalue weighted by atomic mass is 9.93. The number of amides is 1. The number of likely N-dealkylation sites (tertiary alicyclic amines) is 1. The summed E-state index contributed by atoms with van der Waals surface area (Å²) < 4.78 is 28.8. The summed E-state index contributed by atoms with van der Waals surface area (Å²) in [4.78, 5) is 14.6. The molecule has 0 radical (unpaired) electrons. The van der Waals surface area contributed by atoms with Crippen molar-refractivity contribution in [3.63, 3.8) is 0 Å². The number of carbonyl (C=O) groups excluding carboxylic acids is 1. The van der Waals surface area contributed by atoms with Gasteiger partial charge in [0.1, 0.15) is 10.8 Å². The van der Waals surface area contributed by atoms with Gasteiger partial charge in [-0.3, -0.25) is 4.79 Å². The third-order valence-electron chi connectivity index (χ3n) is 5.80. The maximum atomic E-state index is 13.6. The largest absolute Gasteiger partial charge is 0.619 e. The highest BCUT2D eigenvalue weighted by Crippen LogP contribution is 2.37. The second kappa shape index (κ2) is 8.57. The summed E-state index contributed by atoms with van der Waals surface area (Å²) >= 11 is 0. The van der Waals surface area contributed by atoms with Crippen molar-refractivity contribution in [2.45, 2.75) is 30.2 Å². The van der Waals surface area contributed by atoms with Crippen LogP contribution >= 0.6 is 0 Å². The lowest BCUT2D eigenvalue weighted by Gasteiger charge is -2.31. The molecule has 4 rings (SSSR count). The molecule has 1 aromatic heterocycles. The van der Waals surface area contributed by atoms with Crippen molar-refractivity contribution in [2.24, 2.45) is 0 Å². The first kappa shape index (κ1) is 21.7. The van der Waals surface area contributed by atoms with Gasteiger partial charge in [0.05, 0.1) is 11.6 Å². The van der Waals surface area contributed by atoms with E-state index >= 15 is 0 Å². The summed E-state index contributed by atoms with van der Waals surface area (Å²) in [6.45, 7) is 0.701. The van der Waals surface area contributed by atoms with Crippen molar-refractivity contribution in [2.75, 3.05) is 6.54 Å². The van der Waals surface area contributed by atoms with Gasteiger partial charge < -0.3 is 10.1 Å². The molecule has 0 bridgehead atoms. The second-order valence-electron chi connectivity index (χ2n) is 7.87. The molecule has 164 valence electrons. The topological polar surface area (TPSA) is 117 Å². The zero-order valence-corrected chi connectivity index (χ0v) is 18.0. The van der Waals surface area contributed by atoms with Crippen molar-refractivity contribution in [3.05, 3.63) is 95.0 Å². The molecule has 1 aromatic carbocycles. The van der Waals surface area contributed by atoms with Crippen LogP contribution in [0.2, 0.25) is 0 Å². The molecule has 1 aliphatic carbocycles. The first-order valence-corrected chi connectivity index (χ1v) is 11.7. The van der Waals surface area contributed by atoms with Gasteiger partial charge in [0.25, 0.3) is 0 Å². The fourth-order valence-corrected chi connectivity index (χ4v) is 5.94. The molecule has 1 N–H and O–H groups in total. The Kier molecular flexibility index (Phi) is 5.82. The molecule has 0 saturated carbocycles. The SMILES string of the molecule is N#Cc1cccc(CN2CC[C@H](NS(=O)(=O)C3(c4ccc[n+]([O-])c4)C=CC=CC3)C2=O)c1. The summed E-state index contributed by atoms with van der Waals surface area (Å²) in [5.74, 6) is -0.312. The van der Waals surface area contributed by atoms with Gasteiger partial charge in [-0.15, -0.1) is 0 Å². The third-order valence-corrected chi connectivity index (χ3v) is 7.89. The molecule has 2 aromatic rings. The summed E-state index contributed by atoms with van der Waals surface area (Å²) in [6, 6.07) is 11.3. The first-order chi connectivity index (χ1) is 15.3. The minimum atomic E-state index is -4.07. The number of carbonyl (C=O) groups is 1. The van der Waals surface area contributed by atoms with Crippen LogP contribution in [0.15, 0.2) is 73.1 Å². The number of benzene rings is 1. The molecule has 1 aliphatic heterocycles. The van der Waals surface area contributed by atoms with E-state index in [1.165, 1.54) is 18.5 Å². The number of allylic oxidation sites excluding steroid dienone is 3. The molecule has 0 spiro atoms. The van der Waals surface area contributed by atoms with E-state index < -0.39 is 20.8 Å². The third kappa shape index (κ3) is 4.02. The normalized spacial score (nSPS) is 22.8. The minimum Gasteiger partial charge on any atom is -0.619 e. The van der Waals surface area contributed by atoms with Crippen molar-refractivity contribution in [1.29, 1.82) is 5.26 Å². The number of nitriles is 1. The minimum absolute atomic E-state index is 0.147. The van der Waals surface area contributed by atoms with Crippen molar-refractivity contribution in [3.8, 4) is 6.07 Å². The number of nitrogens with one attached hydrogen (secondary N) is 1. The van der Waals surface area contributed by atoms with E-state index in [2.05, 4.69) is 10.8 Å². The molecule has 1 unspecified atom stereocenters. The van der Waals surface area contributed by atoms with E-state index in [0.29, 0.717) is 35.4 Å². The van der Waals surface area contributed by atoms with Crippen LogP contribution in [0, 0.1) is 16.5 Å². The van der Waals surface area contributed by atoms with Crippen LogP contribution in [-0.4, -0.2) is 31.8 Å². The Labute approximate surface area is 186 Å². The van der Waals surface area contributed by atoms with Crippen LogP contribution in [-0.2, 0) is 26.1 Å². The van der Waals surface area contributed by atoms with Gasteiger partial charge in [0, 0.05) is 24.7 Å². The van der Waals surface area contributed by atoms with Crippen LogP contribution in [0.1, 0.15) is 29.5 Å². The highest BCUT2D eigenvalue weighted by atomic mass is 32.2. The van der Waals surface area contributed by atoms with Crippen molar-refractivity contribution in [1.82, 2.24) is 9.62 Å². The molecule has 1 amide bonds. The molecule has 2 atom stereocenters. The number of nitrogens with zero attached hydrogens (tertiary/aromatic N) is 3. The Balaban J connectivity index is 1.56. The lowest BCUT2D eigenvalue weighted by molar-refractivity contribution is -0.606. The zero-order chi connectivity index (χ0) is 22.8. The maximum absolute atomic E-state index is 13.6. The number of hydrogen-bond donors (Lipinski definition) is 1. The predicted octanol–water partition coefficient (Wildman–Crippen LogP) is 1.62. The second-order valence-corrected chi connectivity index (χ2v) is 9.84. The van der Waals surface area contributed by atoms with Gasteiger partial charge >= 0.3 is 0 Å². The molecule has 8 nitrogen and oxygen atoms in total. The highest BCUT2D eigenvalue weighted by Gasteiger charge is 2.47. The first-order valence-electron chi connectivity index (χ1n) is 10.2. The van der Waals surface area contributed by atoms with E-state index in [9.17, 15) is 18.4 Å². The summed E-state index contributed by atoms with van der Waals surface area (Å²) in [5, 5.41) is 20.9. The quantitative estimate of drug-likeness (QED) is 0.530. The molecular formula is C23H22N4O4S. The van der Waals surface area contributed by atoms with Crippen LogP contribution < -0.4 is 9.45 Å². The average molecular weight is 451 g/mol. The number of sulfonamides is 1. The number of rotatable bonds is 6. The van der Waals surface area contributed by atoms with Crippen LogP contribution in [0.5, 0.6) is 0 Å². The fourth-order valence-electron chi connectivity index (χ4n) is 4.13. The maximum Gasteiger partial charge on any atom is 0.241 e. The van der Waals surface area contributed by atoms with Gasteiger partial charge in [-0.05, 0) is 36.6 Å². The Bertz CT molecular complexity index is 1250. The van der Waals surface area contributed by atoms with Gasteiger partial charge in [-0.2, -0.15) is 9.99 Å². The van der Waals surface area contributed by atoms with E-state index in [1.807, 2.05) is 6.07 Å². The highest BCUT2D eigenvalue weighted by molar-refractivity contribution is 7.90. The molecule has 1 saturated heterocycles. The van der Waals surface area contributed by atoms with Crippen molar-refractivity contribution >= 4 is 15.9 Å². The molecule has 1 fully saturated rings. The summed E-state index contributed by atoms with van der Waals surface area (Å²) in [6.07, 6.45) is 9.68. The average Bonchev–Trinajstić information content (AvgIpc) is 3.12. The Morgan fingerprint density at radius 2 is 2.12 bits per heavy atom. The molecule has 2 heterocycles. The van der Waals surface area contributed by atoms with Gasteiger partial charge in [0.15, 0.2) is 12.4 Å². The summed E-state index contributed by atoms with van der Waals surface area (Å²) in [7, 11) is -4.07. The number of aromatic nitrogens is 1. The van der Waals surface area contributed by atoms with Gasteiger partial charge in [-0.1, -0.05) is 36.4 Å². The smallest absolute Gasteiger partial charge is 0.241 e. The number of hydrogen-bond acceptors (Lipinski definition) is 5. The Hall–Kier alpha value is -3.48. The van der Waals surface area contributed by atoms with Gasteiger partial charge in [-0.25, -0.2) is 13.1 Å². The molecule has 2 aliphatic rings. The van der Waals surface area contributed by atoms with Crippen LogP contribution in [0.3, 0.4) is 0 Å². The van der Waals surface area contributed by atoms with Crippen molar-refractivity contribution < 1.29 is 17.9 Å². The van der Waals surface area contributed by atoms with E-state index in [4.69, 9.17) is 5.26 Å². The van der Waals surface area contributed by atoms with E-state index in [1.54, 1.807) is 53.5 Å². The molecular weight excluding hydrogens is 428 g/mol. The van der Waals surface area contributed by atoms with Crippen LogP contribution in [0.25, 0.3) is 0 Å². The van der Waals surface area contributed by atoms with E-state index in [0.717, 1.165) is 5.56 Å². The predicted molar refractivity (Wildman–Crippen MR) is 117 cm³/mol. The van der Waals surface area contributed by atoms with Crippen LogP contribution in [0.4, 0.5) is 0 Å². The van der Waals surface area contributed by atoms with E-state index in [-0.39, 0.29) is 12.3 Å². The monoisotopic (exact) mass is 450 g/mol. The zero-order valence-electron chi connectivity index (χ0n) is 17.2. The Morgan fingerprint density at radius 3 is 2.84 bits per heavy atom. The Morgan fingerprint density at radius 1 is 1.28 bits per heavy atom. The molecule has 9 heteroatoms. The fraction of sp³-hybridized carbons (Fsp3) is 0.261. The number of pyridine rings is 1. The lowest BCUT2D eigenvalue weighted by Crippen LogP contribution is -2.50. The standard InChI is InChI=1S/C23H22N4O4S/c24-15-18-6-4-7-19(14-18)16-26-13-9-21(22(26)28)25-32(30,31)23(10-2-1-3-11-23)20-8-5-12-27(29)17-20/h1-8,10,12,14,17,21,25H,9,11,13,16H2/t21-,23?/m0/s1.